The van der Waals surface area contributed by atoms with Crippen LogP contribution in [0.25, 0.3) is 10.9 Å². The highest BCUT2D eigenvalue weighted by molar-refractivity contribution is 5.94. The molecule has 3 aromatic rings. The highest BCUT2D eigenvalue weighted by atomic mass is 19.1. The minimum Gasteiger partial charge on any atom is -0.497 e. The van der Waals surface area contributed by atoms with Gasteiger partial charge in [0.1, 0.15) is 11.6 Å². The number of benzene rings is 1. The van der Waals surface area contributed by atoms with Crippen molar-refractivity contribution in [1.29, 1.82) is 0 Å². The summed E-state index contributed by atoms with van der Waals surface area (Å²) in [7, 11) is 1.68. The summed E-state index contributed by atoms with van der Waals surface area (Å²) in [6.45, 7) is 1.33. The van der Waals surface area contributed by atoms with Gasteiger partial charge in [0, 0.05) is 29.9 Å². The van der Waals surface area contributed by atoms with E-state index in [2.05, 4.69) is 15.6 Å². The van der Waals surface area contributed by atoms with Crippen molar-refractivity contribution in [2.75, 3.05) is 30.8 Å². The minimum atomic E-state index is -0.478. The number of halogens is 1. The highest BCUT2D eigenvalue weighted by Crippen LogP contribution is 2.34. The third-order valence-electron chi connectivity index (χ3n) is 4.92. The Bertz CT molecular complexity index is 960. The second-order valence-corrected chi connectivity index (χ2v) is 6.70. The Kier molecular flexibility index (Phi) is 5.05. The number of hydrogen-bond acceptors (Lipinski definition) is 5. The van der Waals surface area contributed by atoms with Crippen LogP contribution in [0.3, 0.4) is 0 Å². The zero-order valence-electron chi connectivity index (χ0n) is 15.4. The summed E-state index contributed by atoms with van der Waals surface area (Å²) in [5, 5.41) is 7.81. The first kappa shape index (κ1) is 17.5. The lowest BCUT2D eigenvalue weighted by molar-refractivity contribution is 0.415. The van der Waals surface area contributed by atoms with Crippen molar-refractivity contribution in [3.05, 3.63) is 53.6 Å². The van der Waals surface area contributed by atoms with E-state index in [1.54, 1.807) is 19.2 Å². The van der Waals surface area contributed by atoms with Crippen molar-refractivity contribution in [2.45, 2.75) is 25.7 Å². The van der Waals surface area contributed by atoms with Crippen LogP contribution in [-0.2, 0) is 12.8 Å². The third kappa shape index (κ3) is 3.79. The van der Waals surface area contributed by atoms with Gasteiger partial charge in [-0.2, -0.15) is 4.39 Å². The van der Waals surface area contributed by atoms with Gasteiger partial charge in [-0.1, -0.05) is 6.07 Å². The number of aryl methyl sites for hydroxylation is 1. The van der Waals surface area contributed by atoms with Crippen molar-refractivity contribution >= 4 is 22.4 Å². The average Bonchev–Trinajstić information content (AvgIpc) is 2.70. The van der Waals surface area contributed by atoms with Crippen molar-refractivity contribution in [2.24, 2.45) is 0 Å². The summed E-state index contributed by atoms with van der Waals surface area (Å²) in [6, 6.07) is 10.8. The standard InChI is InChI=1S/C21H23FN4O/c1-27-14-9-10-18-16(13-14)21(15-5-2-3-6-17(15)25-18)24-12-11-23-20-8-4-7-19(22)26-20/h4,7-10,13H,2-3,5-6,11-12H2,1H3,(H,23,26)(H,24,25). The minimum absolute atomic E-state index is 0.478. The van der Waals surface area contributed by atoms with Crippen LogP contribution in [0.1, 0.15) is 24.1 Å². The largest absolute Gasteiger partial charge is 0.497 e. The van der Waals surface area contributed by atoms with Gasteiger partial charge in [0.2, 0.25) is 5.95 Å². The van der Waals surface area contributed by atoms with Gasteiger partial charge in [-0.3, -0.25) is 4.98 Å². The molecule has 0 atom stereocenters. The van der Waals surface area contributed by atoms with Crippen LogP contribution in [0.5, 0.6) is 5.75 Å². The molecule has 1 aromatic carbocycles. The maximum atomic E-state index is 13.2. The maximum absolute atomic E-state index is 13.2. The van der Waals surface area contributed by atoms with Crippen LogP contribution in [0.15, 0.2) is 36.4 Å². The number of rotatable bonds is 6. The van der Waals surface area contributed by atoms with Gasteiger partial charge in [-0.05, 0) is 61.6 Å². The molecule has 0 saturated carbocycles. The average molecular weight is 366 g/mol. The van der Waals surface area contributed by atoms with Gasteiger partial charge in [0.05, 0.1) is 12.6 Å². The molecular formula is C21H23FN4O. The number of fused-ring (bicyclic) bond motifs is 2. The number of nitrogens with one attached hydrogen (secondary N) is 2. The fraction of sp³-hybridized carbons (Fsp3) is 0.333. The number of anilines is 2. The first-order valence-electron chi connectivity index (χ1n) is 9.34. The lowest BCUT2D eigenvalue weighted by Crippen LogP contribution is -2.17. The van der Waals surface area contributed by atoms with E-state index in [1.807, 2.05) is 18.2 Å². The van der Waals surface area contributed by atoms with E-state index in [1.165, 1.54) is 30.2 Å². The van der Waals surface area contributed by atoms with Gasteiger partial charge in [0.15, 0.2) is 0 Å². The first-order chi connectivity index (χ1) is 13.2. The van der Waals surface area contributed by atoms with Gasteiger partial charge < -0.3 is 15.4 Å². The van der Waals surface area contributed by atoms with Crippen LogP contribution in [-0.4, -0.2) is 30.2 Å². The summed E-state index contributed by atoms with van der Waals surface area (Å²) in [5.41, 5.74) is 4.63. The van der Waals surface area contributed by atoms with Crippen molar-refractivity contribution in [3.63, 3.8) is 0 Å². The Morgan fingerprint density at radius 2 is 1.89 bits per heavy atom. The fourth-order valence-electron chi connectivity index (χ4n) is 3.62. The van der Waals surface area contributed by atoms with Gasteiger partial charge in [-0.25, -0.2) is 4.98 Å². The number of nitrogens with zero attached hydrogens (tertiary/aromatic N) is 2. The van der Waals surface area contributed by atoms with E-state index in [9.17, 15) is 4.39 Å². The van der Waals surface area contributed by atoms with E-state index in [4.69, 9.17) is 9.72 Å². The molecule has 1 aliphatic carbocycles. The molecule has 0 aliphatic heterocycles. The topological polar surface area (TPSA) is 59.1 Å². The molecule has 0 fully saturated rings. The molecule has 140 valence electrons. The predicted octanol–water partition coefficient (Wildman–Crippen LogP) is 4.18. The summed E-state index contributed by atoms with van der Waals surface area (Å²) in [6.07, 6.45) is 4.44. The van der Waals surface area contributed by atoms with E-state index < -0.39 is 5.95 Å². The molecule has 2 N–H and O–H groups in total. The number of hydrogen-bond donors (Lipinski definition) is 2. The van der Waals surface area contributed by atoms with Crippen LogP contribution >= 0.6 is 0 Å². The maximum Gasteiger partial charge on any atom is 0.214 e. The monoisotopic (exact) mass is 366 g/mol. The Morgan fingerprint density at radius 1 is 1.04 bits per heavy atom. The summed E-state index contributed by atoms with van der Waals surface area (Å²) < 4.78 is 18.6. The molecule has 1 aliphatic rings. The Balaban J connectivity index is 1.57. The predicted molar refractivity (Wildman–Crippen MR) is 106 cm³/mol. The SMILES string of the molecule is COc1ccc2nc3c(c(NCCNc4cccc(F)n4)c2c1)CCCC3. The lowest BCUT2D eigenvalue weighted by atomic mass is 9.92. The zero-order chi connectivity index (χ0) is 18.6. The number of pyridine rings is 2. The van der Waals surface area contributed by atoms with Crippen LogP contribution in [0, 0.1) is 5.95 Å². The van der Waals surface area contributed by atoms with Gasteiger partial charge >= 0.3 is 0 Å². The Hall–Kier alpha value is -2.89. The summed E-state index contributed by atoms with van der Waals surface area (Å²) in [4.78, 5) is 8.70. The highest BCUT2D eigenvalue weighted by Gasteiger charge is 2.18. The molecule has 0 amide bonds. The first-order valence-corrected chi connectivity index (χ1v) is 9.34. The van der Waals surface area contributed by atoms with Crippen molar-refractivity contribution in [3.8, 4) is 5.75 Å². The van der Waals surface area contributed by atoms with E-state index in [-0.39, 0.29) is 0 Å². The number of aromatic nitrogens is 2. The van der Waals surface area contributed by atoms with Crippen LogP contribution < -0.4 is 15.4 Å². The summed E-state index contributed by atoms with van der Waals surface area (Å²) >= 11 is 0. The lowest BCUT2D eigenvalue weighted by Gasteiger charge is -2.22. The molecule has 2 aromatic heterocycles. The van der Waals surface area contributed by atoms with Gasteiger partial charge in [-0.15, -0.1) is 0 Å². The van der Waals surface area contributed by atoms with E-state index >= 15 is 0 Å². The molecular weight excluding hydrogens is 343 g/mol. The molecule has 0 saturated heterocycles. The molecule has 2 heterocycles. The second kappa shape index (κ2) is 7.78. The zero-order valence-corrected chi connectivity index (χ0v) is 15.4. The van der Waals surface area contributed by atoms with Gasteiger partial charge in [0.25, 0.3) is 0 Å². The Morgan fingerprint density at radius 3 is 2.74 bits per heavy atom. The molecule has 0 spiro atoms. The quantitative estimate of drug-likeness (QED) is 0.506. The second-order valence-electron chi connectivity index (χ2n) is 6.70. The normalized spacial score (nSPS) is 13.3. The smallest absolute Gasteiger partial charge is 0.214 e. The third-order valence-corrected chi connectivity index (χ3v) is 4.92. The van der Waals surface area contributed by atoms with Crippen LogP contribution in [0.2, 0.25) is 0 Å². The molecule has 0 bridgehead atoms. The summed E-state index contributed by atoms with van der Waals surface area (Å²) in [5.74, 6) is 0.888. The molecule has 0 radical (unpaired) electrons. The molecule has 4 rings (SSSR count). The van der Waals surface area contributed by atoms with E-state index in [0.29, 0.717) is 18.9 Å². The molecule has 27 heavy (non-hydrogen) atoms. The van der Waals surface area contributed by atoms with Crippen molar-refractivity contribution < 1.29 is 9.13 Å². The fourth-order valence-corrected chi connectivity index (χ4v) is 3.62. The molecule has 5 nitrogen and oxygen atoms in total. The van der Waals surface area contributed by atoms with Crippen molar-refractivity contribution in [1.82, 2.24) is 9.97 Å². The Labute approximate surface area is 158 Å². The molecule has 0 unspecified atom stereocenters. The number of ether oxygens (including phenoxy) is 1. The molecule has 6 heteroatoms. The number of methoxy groups -OCH3 is 1. The van der Waals surface area contributed by atoms with E-state index in [0.717, 1.165) is 35.2 Å². The van der Waals surface area contributed by atoms with Crippen LogP contribution in [0.4, 0.5) is 15.9 Å².